The Kier molecular flexibility index (Phi) is 3.73. The van der Waals surface area contributed by atoms with Crippen LogP contribution >= 0.6 is 0 Å². The Labute approximate surface area is 90.7 Å². The lowest BCUT2D eigenvalue weighted by atomic mass is 9.85. The summed E-state index contributed by atoms with van der Waals surface area (Å²) in [6.45, 7) is 1.99. The van der Waals surface area contributed by atoms with Crippen LogP contribution in [0.15, 0.2) is 24.3 Å². The van der Waals surface area contributed by atoms with Crippen LogP contribution in [0.1, 0.15) is 24.8 Å². The highest BCUT2D eigenvalue weighted by molar-refractivity contribution is 5.17. The number of rotatable bonds is 5. The van der Waals surface area contributed by atoms with E-state index in [1.54, 1.807) is 6.07 Å². The maximum atomic E-state index is 13.2. The summed E-state index contributed by atoms with van der Waals surface area (Å²) in [5.74, 6) is 0.800. The van der Waals surface area contributed by atoms with Crippen molar-refractivity contribution in [1.82, 2.24) is 5.32 Å². The molecule has 0 amide bonds. The smallest absolute Gasteiger partial charge is 0.126 e. The lowest BCUT2D eigenvalue weighted by Gasteiger charge is -2.25. The molecule has 0 atom stereocenters. The number of benzene rings is 1. The minimum atomic E-state index is -0.0806. The average Bonchev–Trinajstić information content (AvgIpc) is 2.17. The summed E-state index contributed by atoms with van der Waals surface area (Å²) in [6.07, 6.45) is 4.92. The Bertz CT molecular complexity index is 307. The SMILES string of the molecule is Fc1ccccc1CCNCC1CCC1. The van der Waals surface area contributed by atoms with Gasteiger partial charge >= 0.3 is 0 Å². The maximum absolute atomic E-state index is 13.2. The van der Waals surface area contributed by atoms with Gasteiger partial charge in [-0.3, -0.25) is 0 Å². The molecule has 15 heavy (non-hydrogen) atoms. The third kappa shape index (κ3) is 3.03. The molecule has 0 saturated heterocycles. The number of nitrogens with one attached hydrogen (secondary N) is 1. The van der Waals surface area contributed by atoms with Crippen LogP contribution in [0.4, 0.5) is 4.39 Å². The lowest BCUT2D eigenvalue weighted by Crippen LogP contribution is -2.28. The zero-order chi connectivity index (χ0) is 10.5. The first-order chi connectivity index (χ1) is 7.36. The minimum absolute atomic E-state index is 0.0806. The van der Waals surface area contributed by atoms with Crippen LogP contribution in [-0.4, -0.2) is 13.1 Å². The van der Waals surface area contributed by atoms with Gasteiger partial charge in [0, 0.05) is 0 Å². The van der Waals surface area contributed by atoms with Crippen molar-refractivity contribution in [3.63, 3.8) is 0 Å². The molecule has 0 bridgehead atoms. The second-order valence-electron chi connectivity index (χ2n) is 4.34. The quantitative estimate of drug-likeness (QED) is 0.732. The topological polar surface area (TPSA) is 12.0 Å². The fourth-order valence-electron chi connectivity index (χ4n) is 1.93. The van der Waals surface area contributed by atoms with Crippen molar-refractivity contribution in [3.8, 4) is 0 Å². The van der Waals surface area contributed by atoms with Gasteiger partial charge in [-0.1, -0.05) is 24.6 Å². The molecule has 0 spiro atoms. The molecule has 2 heteroatoms. The molecule has 0 aliphatic heterocycles. The van der Waals surface area contributed by atoms with E-state index in [0.29, 0.717) is 0 Å². The molecule has 1 nitrogen and oxygen atoms in total. The number of hydrogen-bond acceptors (Lipinski definition) is 1. The van der Waals surface area contributed by atoms with Crippen LogP contribution in [0.2, 0.25) is 0 Å². The molecular weight excluding hydrogens is 189 g/mol. The van der Waals surface area contributed by atoms with Gasteiger partial charge in [-0.15, -0.1) is 0 Å². The van der Waals surface area contributed by atoms with Crippen molar-refractivity contribution in [3.05, 3.63) is 35.6 Å². The van der Waals surface area contributed by atoms with Crippen molar-refractivity contribution in [1.29, 1.82) is 0 Å². The molecule has 1 aromatic rings. The monoisotopic (exact) mass is 207 g/mol. The highest BCUT2D eigenvalue weighted by Crippen LogP contribution is 2.25. The van der Waals surface area contributed by atoms with Crippen molar-refractivity contribution in [2.24, 2.45) is 5.92 Å². The van der Waals surface area contributed by atoms with Crippen LogP contribution in [-0.2, 0) is 6.42 Å². The summed E-state index contributed by atoms with van der Waals surface area (Å²) >= 11 is 0. The largest absolute Gasteiger partial charge is 0.316 e. The third-order valence-electron chi connectivity index (χ3n) is 3.19. The molecule has 0 radical (unpaired) electrons. The molecule has 0 unspecified atom stereocenters. The predicted molar refractivity (Wildman–Crippen MR) is 60.3 cm³/mol. The van der Waals surface area contributed by atoms with Gasteiger partial charge in [0.05, 0.1) is 0 Å². The Balaban J connectivity index is 1.66. The Hall–Kier alpha value is -0.890. The minimum Gasteiger partial charge on any atom is -0.316 e. The van der Waals surface area contributed by atoms with Gasteiger partial charge in [-0.25, -0.2) is 4.39 Å². The first-order valence-corrected chi connectivity index (χ1v) is 5.80. The zero-order valence-corrected chi connectivity index (χ0v) is 9.01. The standard InChI is InChI=1S/C13H18FN/c14-13-7-2-1-6-12(13)8-9-15-10-11-4-3-5-11/h1-2,6-7,11,15H,3-5,8-10H2. The van der Waals surface area contributed by atoms with Crippen LogP contribution in [0.25, 0.3) is 0 Å². The lowest BCUT2D eigenvalue weighted by molar-refractivity contribution is 0.302. The van der Waals surface area contributed by atoms with Crippen molar-refractivity contribution >= 4 is 0 Å². The van der Waals surface area contributed by atoms with E-state index in [1.807, 2.05) is 12.1 Å². The van der Waals surface area contributed by atoms with E-state index in [-0.39, 0.29) is 5.82 Å². The van der Waals surface area contributed by atoms with Gasteiger partial charge in [0.1, 0.15) is 5.82 Å². The molecule has 1 aromatic carbocycles. The summed E-state index contributed by atoms with van der Waals surface area (Å²) in [4.78, 5) is 0. The first-order valence-electron chi connectivity index (χ1n) is 5.80. The molecule has 1 aliphatic rings. The average molecular weight is 207 g/mol. The third-order valence-corrected chi connectivity index (χ3v) is 3.19. The van der Waals surface area contributed by atoms with Crippen molar-refractivity contribution in [2.75, 3.05) is 13.1 Å². The molecular formula is C13H18FN. The summed E-state index contributed by atoms with van der Waals surface area (Å²) in [5, 5.41) is 3.40. The number of halogens is 1. The van der Waals surface area contributed by atoms with Crippen LogP contribution < -0.4 is 5.32 Å². The van der Waals surface area contributed by atoms with Gasteiger partial charge < -0.3 is 5.32 Å². The summed E-state index contributed by atoms with van der Waals surface area (Å²) in [5.41, 5.74) is 0.818. The number of hydrogen-bond donors (Lipinski definition) is 1. The summed E-state index contributed by atoms with van der Waals surface area (Å²) < 4.78 is 13.2. The summed E-state index contributed by atoms with van der Waals surface area (Å²) in [7, 11) is 0. The van der Waals surface area contributed by atoms with Crippen LogP contribution in [0, 0.1) is 11.7 Å². The van der Waals surface area contributed by atoms with Gasteiger partial charge in [-0.2, -0.15) is 0 Å². The van der Waals surface area contributed by atoms with Gasteiger partial charge in [-0.05, 0) is 49.9 Å². The molecule has 0 aromatic heterocycles. The normalized spacial score (nSPS) is 16.3. The zero-order valence-electron chi connectivity index (χ0n) is 9.01. The second kappa shape index (κ2) is 5.26. The van der Waals surface area contributed by atoms with Gasteiger partial charge in [0.15, 0.2) is 0 Å². The fourth-order valence-corrected chi connectivity index (χ4v) is 1.93. The fraction of sp³-hybridized carbons (Fsp3) is 0.538. The summed E-state index contributed by atoms with van der Waals surface area (Å²) in [6, 6.07) is 7.02. The second-order valence-corrected chi connectivity index (χ2v) is 4.34. The van der Waals surface area contributed by atoms with Crippen molar-refractivity contribution < 1.29 is 4.39 Å². The van der Waals surface area contributed by atoms with Gasteiger partial charge in [0.25, 0.3) is 0 Å². The van der Waals surface area contributed by atoms with Crippen LogP contribution in [0.3, 0.4) is 0 Å². The molecule has 1 fully saturated rings. The van der Waals surface area contributed by atoms with E-state index in [0.717, 1.165) is 31.0 Å². The van der Waals surface area contributed by atoms with Crippen molar-refractivity contribution in [2.45, 2.75) is 25.7 Å². The molecule has 0 heterocycles. The first kappa shape index (κ1) is 10.6. The highest BCUT2D eigenvalue weighted by atomic mass is 19.1. The highest BCUT2D eigenvalue weighted by Gasteiger charge is 2.16. The van der Waals surface area contributed by atoms with E-state index in [2.05, 4.69) is 5.32 Å². The van der Waals surface area contributed by atoms with E-state index in [1.165, 1.54) is 25.3 Å². The Morgan fingerprint density at radius 2 is 2.07 bits per heavy atom. The molecule has 1 aliphatic carbocycles. The van der Waals surface area contributed by atoms with E-state index in [4.69, 9.17) is 0 Å². The van der Waals surface area contributed by atoms with E-state index in [9.17, 15) is 4.39 Å². The Morgan fingerprint density at radius 3 is 2.73 bits per heavy atom. The van der Waals surface area contributed by atoms with E-state index >= 15 is 0 Å². The molecule has 82 valence electrons. The Morgan fingerprint density at radius 1 is 1.27 bits per heavy atom. The van der Waals surface area contributed by atoms with Gasteiger partial charge in [0.2, 0.25) is 0 Å². The van der Waals surface area contributed by atoms with E-state index < -0.39 is 0 Å². The molecule has 1 saturated carbocycles. The molecule has 2 rings (SSSR count). The van der Waals surface area contributed by atoms with Crippen LogP contribution in [0.5, 0.6) is 0 Å². The molecule has 1 N–H and O–H groups in total. The maximum Gasteiger partial charge on any atom is 0.126 e. The predicted octanol–water partition coefficient (Wildman–Crippen LogP) is 2.76.